The lowest BCUT2D eigenvalue weighted by atomic mass is 9.97. The number of benzene rings is 1. The van der Waals surface area contributed by atoms with Crippen molar-refractivity contribution in [3.8, 4) is 28.2 Å². The maximum atomic E-state index is 15.2. The second-order valence-electron chi connectivity index (χ2n) is 10.8. The number of hydrogen-bond donors (Lipinski definition) is 1. The number of nitrogens with zero attached hydrogens (tertiary/aromatic N) is 8. The number of aromatic nitrogens is 8. The first kappa shape index (κ1) is 31.6. The Balaban J connectivity index is 1.45. The lowest BCUT2D eigenvalue weighted by molar-refractivity contribution is -0.141. The Morgan fingerprint density at radius 1 is 1.04 bits per heavy atom. The molecule has 2 bridgehead atoms. The highest BCUT2D eigenvalue weighted by Gasteiger charge is 2.35. The minimum Gasteiger partial charge on any atom is -0.323 e. The molecule has 244 valence electrons. The van der Waals surface area contributed by atoms with Crippen LogP contribution in [-0.4, -0.2) is 45.2 Å². The van der Waals surface area contributed by atoms with Crippen molar-refractivity contribution in [2.75, 3.05) is 5.32 Å². The van der Waals surface area contributed by atoms with E-state index in [9.17, 15) is 35.9 Å². The van der Waals surface area contributed by atoms with Gasteiger partial charge in [-0.15, -0.1) is 5.10 Å². The summed E-state index contributed by atoms with van der Waals surface area (Å²) >= 11 is 0. The van der Waals surface area contributed by atoms with Gasteiger partial charge in [0.25, 0.3) is 5.56 Å². The highest BCUT2D eigenvalue weighted by atomic mass is 19.4. The summed E-state index contributed by atoms with van der Waals surface area (Å²) in [6.45, 7) is -1.39. The standard InChI is InChI=1S/C29H22F7N9O2/c1-14-3-2-4-20(17-9-15(7-8-37-17)26-19(40-27(14)47)11-39-45(26)28(32)33)43-13-38-18(10-23(43)46)24-21(6-5-16(30)25(24)31)44-12-22(41-42-44)29(34,35)36/h5-14,20,28H,2-4H2,1H3,(H,40,47)/t14-,20+/m1/s1. The number of carbonyl (C=O) groups excluding carboxylic acids is 1. The Labute approximate surface area is 259 Å². The van der Waals surface area contributed by atoms with Crippen LogP contribution in [0.3, 0.4) is 0 Å². The van der Waals surface area contributed by atoms with Gasteiger partial charge >= 0.3 is 12.7 Å². The predicted octanol–water partition coefficient (Wildman–Crippen LogP) is 5.79. The first-order chi connectivity index (χ1) is 22.3. The maximum Gasteiger partial charge on any atom is 0.436 e. The van der Waals surface area contributed by atoms with Gasteiger partial charge in [0.15, 0.2) is 17.3 Å². The molecule has 1 aliphatic rings. The second-order valence-corrected chi connectivity index (χ2v) is 10.8. The molecular formula is C29H22F7N9O2. The van der Waals surface area contributed by atoms with Crippen LogP contribution < -0.4 is 10.9 Å². The zero-order valence-corrected chi connectivity index (χ0v) is 24.1. The molecule has 18 heteroatoms. The average molecular weight is 662 g/mol. The number of alkyl halides is 5. The number of amides is 1. The zero-order chi connectivity index (χ0) is 33.6. The van der Waals surface area contributed by atoms with Crippen LogP contribution in [0.4, 0.5) is 36.4 Å². The van der Waals surface area contributed by atoms with Gasteiger partial charge in [-0.05, 0) is 37.1 Å². The molecule has 1 aliphatic heterocycles. The van der Waals surface area contributed by atoms with Crippen molar-refractivity contribution in [2.45, 2.75) is 45.0 Å². The third kappa shape index (κ3) is 5.97. The van der Waals surface area contributed by atoms with E-state index in [4.69, 9.17) is 0 Å². The zero-order valence-electron chi connectivity index (χ0n) is 24.1. The topological polar surface area (TPSA) is 125 Å². The molecule has 1 amide bonds. The van der Waals surface area contributed by atoms with Crippen molar-refractivity contribution in [2.24, 2.45) is 5.92 Å². The van der Waals surface area contributed by atoms with Crippen molar-refractivity contribution < 1.29 is 35.5 Å². The van der Waals surface area contributed by atoms with E-state index in [2.05, 4.69) is 30.7 Å². The van der Waals surface area contributed by atoms with Gasteiger partial charge in [-0.2, -0.15) is 27.1 Å². The fraction of sp³-hybridized carbons (Fsp3) is 0.276. The molecule has 0 fully saturated rings. The average Bonchev–Trinajstić information content (AvgIpc) is 3.69. The first-order valence-corrected chi connectivity index (χ1v) is 14.0. The summed E-state index contributed by atoms with van der Waals surface area (Å²) < 4.78 is 99.1. The quantitative estimate of drug-likeness (QED) is 0.242. The summed E-state index contributed by atoms with van der Waals surface area (Å²) in [4.78, 5) is 35.0. The largest absolute Gasteiger partial charge is 0.436 e. The van der Waals surface area contributed by atoms with Crippen LogP contribution in [0.15, 0.2) is 60.0 Å². The van der Waals surface area contributed by atoms with Crippen molar-refractivity contribution in [3.63, 3.8) is 0 Å². The molecule has 5 aromatic rings. The van der Waals surface area contributed by atoms with E-state index in [-0.39, 0.29) is 34.7 Å². The summed E-state index contributed by atoms with van der Waals surface area (Å²) in [5, 5.41) is 12.8. The van der Waals surface area contributed by atoms with Crippen molar-refractivity contribution in [1.29, 1.82) is 0 Å². The van der Waals surface area contributed by atoms with E-state index < -0.39 is 64.7 Å². The summed E-state index contributed by atoms with van der Waals surface area (Å²) in [7, 11) is 0. The van der Waals surface area contributed by atoms with E-state index in [0.29, 0.717) is 34.5 Å². The molecule has 6 rings (SSSR count). The van der Waals surface area contributed by atoms with Gasteiger partial charge in [0.2, 0.25) is 5.91 Å². The number of anilines is 1. The number of fused-ring (bicyclic) bond motifs is 4. The Bertz CT molecular complexity index is 2040. The third-order valence-electron chi connectivity index (χ3n) is 7.73. The van der Waals surface area contributed by atoms with Crippen LogP contribution in [0.1, 0.15) is 50.2 Å². The van der Waals surface area contributed by atoms with Crippen molar-refractivity contribution >= 4 is 11.6 Å². The molecule has 47 heavy (non-hydrogen) atoms. The molecule has 0 unspecified atom stereocenters. The number of hydrogen-bond acceptors (Lipinski definition) is 7. The van der Waals surface area contributed by atoms with Gasteiger partial charge in [0, 0.05) is 23.7 Å². The predicted molar refractivity (Wildman–Crippen MR) is 150 cm³/mol. The van der Waals surface area contributed by atoms with Crippen LogP contribution in [-0.2, 0) is 11.0 Å². The number of carbonyl (C=O) groups is 1. The maximum absolute atomic E-state index is 15.2. The summed E-state index contributed by atoms with van der Waals surface area (Å²) in [6, 6.07) is 4.58. The molecule has 1 aromatic carbocycles. The van der Waals surface area contributed by atoms with E-state index in [1.807, 2.05) is 0 Å². The van der Waals surface area contributed by atoms with Crippen molar-refractivity contribution in [3.05, 3.63) is 88.6 Å². The van der Waals surface area contributed by atoms with Crippen LogP contribution >= 0.6 is 0 Å². The van der Waals surface area contributed by atoms with E-state index in [1.165, 1.54) is 18.3 Å². The lowest BCUT2D eigenvalue weighted by Crippen LogP contribution is -2.27. The Kier molecular flexibility index (Phi) is 8.10. The van der Waals surface area contributed by atoms with E-state index in [1.54, 1.807) is 6.92 Å². The Morgan fingerprint density at radius 2 is 1.83 bits per heavy atom. The number of halogens is 7. The Hall–Kier alpha value is -5.42. The summed E-state index contributed by atoms with van der Waals surface area (Å²) in [5.41, 5.74) is -3.11. The van der Waals surface area contributed by atoms with Gasteiger partial charge in [0.1, 0.15) is 0 Å². The first-order valence-electron chi connectivity index (χ1n) is 14.0. The molecule has 0 saturated heterocycles. The SMILES string of the molecule is C[C@@H]1CCC[C@H](n2cnc(-c3c(-n4cc(C(F)(F)F)nn4)ccc(F)c3F)cc2=O)c2cc(ccn2)-c2c(cnn2C(F)F)NC1=O. The minimum atomic E-state index is -4.86. The van der Waals surface area contributed by atoms with Gasteiger partial charge in [0.05, 0.1) is 58.8 Å². The molecule has 0 spiro atoms. The van der Waals surface area contributed by atoms with E-state index in [0.717, 1.165) is 29.2 Å². The molecule has 1 N–H and O–H groups in total. The minimum absolute atomic E-state index is 0.0577. The van der Waals surface area contributed by atoms with Gasteiger partial charge in [-0.25, -0.2) is 23.1 Å². The molecule has 2 atom stereocenters. The fourth-order valence-electron chi connectivity index (χ4n) is 5.37. The van der Waals surface area contributed by atoms with Crippen LogP contribution in [0, 0.1) is 17.6 Å². The van der Waals surface area contributed by atoms with Crippen LogP contribution in [0.25, 0.3) is 28.2 Å². The monoisotopic (exact) mass is 661 g/mol. The molecule has 0 radical (unpaired) electrons. The fourth-order valence-corrected chi connectivity index (χ4v) is 5.37. The number of pyridine rings is 1. The second kappa shape index (κ2) is 12.1. The highest BCUT2D eigenvalue weighted by molar-refractivity contribution is 5.95. The summed E-state index contributed by atoms with van der Waals surface area (Å²) in [5.74, 6) is -3.82. The van der Waals surface area contributed by atoms with Gasteiger partial charge in [-0.3, -0.25) is 19.1 Å². The molecule has 11 nitrogen and oxygen atoms in total. The molecular weight excluding hydrogens is 639 g/mol. The van der Waals surface area contributed by atoms with Crippen LogP contribution in [0.2, 0.25) is 0 Å². The number of rotatable bonds is 4. The van der Waals surface area contributed by atoms with Crippen molar-refractivity contribution in [1.82, 2.24) is 39.3 Å². The third-order valence-corrected chi connectivity index (χ3v) is 7.73. The molecule has 0 saturated carbocycles. The van der Waals surface area contributed by atoms with Gasteiger partial charge in [-0.1, -0.05) is 18.6 Å². The van der Waals surface area contributed by atoms with Crippen LogP contribution in [0.5, 0.6) is 0 Å². The van der Waals surface area contributed by atoms with Gasteiger partial charge < -0.3 is 5.32 Å². The summed E-state index contributed by atoms with van der Waals surface area (Å²) in [6.07, 6.45) is 0.0966. The molecule has 4 aromatic heterocycles. The molecule has 0 aliphatic carbocycles. The Morgan fingerprint density at radius 3 is 2.53 bits per heavy atom. The molecule has 5 heterocycles. The number of nitrogens with one attached hydrogen (secondary N) is 1. The van der Waals surface area contributed by atoms with E-state index >= 15 is 4.39 Å². The highest BCUT2D eigenvalue weighted by Crippen LogP contribution is 2.36. The lowest BCUT2D eigenvalue weighted by Gasteiger charge is -2.22. The smallest absolute Gasteiger partial charge is 0.323 e. The normalized spacial score (nSPS) is 17.2.